The number of carbonyl (C=O) groups is 1. The molecule has 0 saturated heterocycles. The molecule has 1 rings (SSSR count). The van der Waals surface area contributed by atoms with Gasteiger partial charge < -0.3 is 4.74 Å². The van der Waals surface area contributed by atoms with Crippen molar-refractivity contribution in [3.63, 3.8) is 0 Å². The molecule has 0 spiro atoms. The fourth-order valence-electron chi connectivity index (χ4n) is 0.960. The Morgan fingerprint density at radius 2 is 2.06 bits per heavy atom. The molecule has 0 bridgehead atoms. The first-order valence-corrected chi connectivity index (χ1v) is 5.04. The number of nitrogens with zero attached hydrogens (tertiary/aromatic N) is 1. The van der Waals surface area contributed by atoms with E-state index in [2.05, 4.69) is 15.8 Å². The van der Waals surface area contributed by atoms with Crippen molar-refractivity contribution >= 4 is 11.9 Å². The van der Waals surface area contributed by atoms with Crippen LogP contribution in [0.1, 0.15) is 26.3 Å². The van der Waals surface area contributed by atoms with E-state index in [9.17, 15) is 4.79 Å². The van der Waals surface area contributed by atoms with Crippen LogP contribution in [0.4, 0.5) is 10.6 Å². The van der Waals surface area contributed by atoms with Crippen molar-refractivity contribution in [3.05, 3.63) is 23.9 Å². The summed E-state index contributed by atoms with van der Waals surface area (Å²) in [6.07, 6.45) is 1.17. The standard InChI is InChI=1S/C11H17N3O2/c1-8-5-6-9(12-7-8)13-14-10(15)16-11(2,3)4/h5-7H,1-4H3,(H,12,13)(H,14,15). The highest BCUT2D eigenvalue weighted by atomic mass is 16.6. The molecule has 0 unspecified atom stereocenters. The maximum Gasteiger partial charge on any atom is 0.426 e. The van der Waals surface area contributed by atoms with Gasteiger partial charge in [0, 0.05) is 6.20 Å². The van der Waals surface area contributed by atoms with Gasteiger partial charge in [0.1, 0.15) is 11.4 Å². The van der Waals surface area contributed by atoms with Gasteiger partial charge in [-0.2, -0.15) is 0 Å². The van der Waals surface area contributed by atoms with Crippen LogP contribution in [0.5, 0.6) is 0 Å². The van der Waals surface area contributed by atoms with Crippen molar-refractivity contribution in [2.75, 3.05) is 5.43 Å². The first-order chi connectivity index (χ1) is 7.37. The van der Waals surface area contributed by atoms with E-state index in [-0.39, 0.29) is 0 Å². The Morgan fingerprint density at radius 3 is 2.56 bits per heavy atom. The van der Waals surface area contributed by atoms with Crippen LogP contribution in [-0.2, 0) is 4.74 Å². The average molecular weight is 223 g/mol. The number of amides is 1. The van der Waals surface area contributed by atoms with E-state index in [1.165, 1.54) is 0 Å². The summed E-state index contributed by atoms with van der Waals surface area (Å²) in [5.74, 6) is 0.566. The zero-order valence-corrected chi connectivity index (χ0v) is 10.00. The lowest BCUT2D eigenvalue weighted by Gasteiger charge is -2.19. The quantitative estimate of drug-likeness (QED) is 0.755. The van der Waals surface area contributed by atoms with Gasteiger partial charge in [-0.15, -0.1) is 0 Å². The molecule has 1 aromatic heterocycles. The average Bonchev–Trinajstić information content (AvgIpc) is 2.14. The number of aryl methyl sites for hydroxylation is 1. The second-order valence-corrected chi connectivity index (χ2v) is 4.47. The summed E-state index contributed by atoms with van der Waals surface area (Å²) in [4.78, 5) is 15.3. The largest absolute Gasteiger partial charge is 0.443 e. The van der Waals surface area contributed by atoms with Gasteiger partial charge in [0.25, 0.3) is 0 Å². The molecule has 0 aromatic carbocycles. The fourth-order valence-corrected chi connectivity index (χ4v) is 0.960. The number of carbonyl (C=O) groups excluding carboxylic acids is 1. The van der Waals surface area contributed by atoms with Crippen LogP contribution < -0.4 is 10.9 Å². The smallest absolute Gasteiger partial charge is 0.426 e. The summed E-state index contributed by atoms with van der Waals surface area (Å²) in [5, 5.41) is 0. The Hall–Kier alpha value is -1.78. The lowest BCUT2D eigenvalue weighted by Crippen LogP contribution is -2.36. The first kappa shape index (κ1) is 12.3. The van der Waals surface area contributed by atoms with Gasteiger partial charge in [-0.3, -0.25) is 5.43 Å². The van der Waals surface area contributed by atoms with Gasteiger partial charge in [-0.05, 0) is 39.3 Å². The van der Waals surface area contributed by atoms with Crippen LogP contribution in [0.3, 0.4) is 0 Å². The summed E-state index contributed by atoms with van der Waals surface area (Å²) in [7, 11) is 0. The topological polar surface area (TPSA) is 63.2 Å². The molecule has 5 nitrogen and oxygen atoms in total. The molecule has 0 aliphatic heterocycles. The number of hydrogen-bond acceptors (Lipinski definition) is 4. The number of hydrazine groups is 1. The molecule has 5 heteroatoms. The summed E-state index contributed by atoms with van der Waals surface area (Å²) >= 11 is 0. The lowest BCUT2D eigenvalue weighted by atomic mass is 10.2. The molecule has 0 aliphatic carbocycles. The molecule has 2 N–H and O–H groups in total. The molecule has 1 heterocycles. The second-order valence-electron chi connectivity index (χ2n) is 4.47. The number of rotatable bonds is 2. The third-order valence-electron chi connectivity index (χ3n) is 1.60. The Balaban J connectivity index is 2.40. The lowest BCUT2D eigenvalue weighted by molar-refractivity contribution is 0.0541. The number of pyridine rings is 1. The number of ether oxygens (including phenoxy) is 1. The molecule has 1 amide bonds. The van der Waals surface area contributed by atoms with E-state index < -0.39 is 11.7 Å². The predicted octanol–water partition coefficient (Wildman–Crippen LogP) is 2.24. The van der Waals surface area contributed by atoms with E-state index in [4.69, 9.17) is 4.74 Å². The van der Waals surface area contributed by atoms with Gasteiger partial charge in [0.15, 0.2) is 0 Å². The Morgan fingerprint density at radius 1 is 1.38 bits per heavy atom. The minimum Gasteiger partial charge on any atom is -0.443 e. The van der Waals surface area contributed by atoms with Crippen molar-refractivity contribution in [1.82, 2.24) is 10.4 Å². The number of aromatic nitrogens is 1. The minimum atomic E-state index is -0.533. The van der Waals surface area contributed by atoms with E-state index >= 15 is 0 Å². The van der Waals surface area contributed by atoms with Crippen LogP contribution in [0.15, 0.2) is 18.3 Å². The van der Waals surface area contributed by atoms with Gasteiger partial charge in [0.2, 0.25) is 0 Å². The first-order valence-electron chi connectivity index (χ1n) is 5.04. The van der Waals surface area contributed by atoms with Gasteiger partial charge in [-0.1, -0.05) is 6.07 Å². The molecular weight excluding hydrogens is 206 g/mol. The van der Waals surface area contributed by atoms with E-state index in [0.29, 0.717) is 5.82 Å². The van der Waals surface area contributed by atoms with Crippen LogP contribution in [-0.4, -0.2) is 16.7 Å². The van der Waals surface area contributed by atoms with E-state index in [1.807, 2.05) is 13.0 Å². The van der Waals surface area contributed by atoms with Gasteiger partial charge in [-0.25, -0.2) is 15.2 Å². The molecule has 0 aliphatic rings. The zero-order valence-electron chi connectivity index (χ0n) is 10.00. The Kier molecular flexibility index (Phi) is 3.71. The summed E-state index contributed by atoms with van der Waals surface area (Å²) in [6, 6.07) is 3.67. The third kappa shape index (κ3) is 4.63. The van der Waals surface area contributed by atoms with Gasteiger partial charge >= 0.3 is 6.09 Å². The van der Waals surface area contributed by atoms with Crippen molar-refractivity contribution in [1.29, 1.82) is 0 Å². The number of anilines is 1. The monoisotopic (exact) mass is 223 g/mol. The molecule has 0 fully saturated rings. The van der Waals surface area contributed by atoms with Gasteiger partial charge in [0.05, 0.1) is 0 Å². The molecule has 0 radical (unpaired) electrons. The summed E-state index contributed by atoms with van der Waals surface area (Å²) < 4.78 is 5.04. The van der Waals surface area contributed by atoms with Crippen molar-refractivity contribution < 1.29 is 9.53 Å². The number of nitrogens with one attached hydrogen (secondary N) is 2. The van der Waals surface area contributed by atoms with Crippen molar-refractivity contribution in [2.45, 2.75) is 33.3 Å². The normalized spacial score (nSPS) is 10.8. The molecule has 0 saturated carbocycles. The molecule has 0 atom stereocenters. The van der Waals surface area contributed by atoms with Crippen LogP contribution >= 0.6 is 0 Å². The molecule has 88 valence electrons. The second kappa shape index (κ2) is 4.83. The van der Waals surface area contributed by atoms with Crippen LogP contribution in [0.25, 0.3) is 0 Å². The summed E-state index contributed by atoms with van der Waals surface area (Å²) in [6.45, 7) is 7.35. The fraction of sp³-hybridized carbons (Fsp3) is 0.455. The van der Waals surface area contributed by atoms with Crippen molar-refractivity contribution in [3.8, 4) is 0 Å². The predicted molar refractivity (Wildman–Crippen MR) is 62.0 cm³/mol. The number of hydrogen-bond donors (Lipinski definition) is 2. The summed E-state index contributed by atoms with van der Waals surface area (Å²) in [5.41, 5.74) is 5.61. The highest BCUT2D eigenvalue weighted by molar-refractivity contribution is 5.69. The Labute approximate surface area is 95.2 Å². The van der Waals surface area contributed by atoms with E-state index in [0.717, 1.165) is 5.56 Å². The highest BCUT2D eigenvalue weighted by Gasteiger charge is 2.15. The molecular formula is C11H17N3O2. The SMILES string of the molecule is Cc1ccc(NNC(=O)OC(C)(C)C)nc1. The molecule has 16 heavy (non-hydrogen) atoms. The van der Waals surface area contributed by atoms with Crippen molar-refractivity contribution in [2.24, 2.45) is 0 Å². The van der Waals surface area contributed by atoms with Crippen LogP contribution in [0, 0.1) is 6.92 Å². The van der Waals surface area contributed by atoms with Crippen LogP contribution in [0.2, 0.25) is 0 Å². The third-order valence-corrected chi connectivity index (χ3v) is 1.60. The minimum absolute atomic E-state index is 0.507. The maximum atomic E-state index is 11.3. The zero-order chi connectivity index (χ0) is 12.2. The highest BCUT2D eigenvalue weighted by Crippen LogP contribution is 2.07. The Bertz CT molecular complexity index is 354. The maximum absolute atomic E-state index is 11.3. The molecule has 1 aromatic rings. The van der Waals surface area contributed by atoms with E-state index in [1.54, 1.807) is 33.0 Å².